The van der Waals surface area contributed by atoms with Gasteiger partial charge in [0.25, 0.3) is 0 Å². The second-order valence-corrected chi connectivity index (χ2v) is 8.62. The van der Waals surface area contributed by atoms with E-state index in [9.17, 15) is 9.18 Å². The lowest BCUT2D eigenvalue weighted by molar-refractivity contribution is 0.0177. The summed E-state index contributed by atoms with van der Waals surface area (Å²) >= 11 is 5.85. The third kappa shape index (κ3) is 4.95. The predicted octanol–water partition coefficient (Wildman–Crippen LogP) is 4.57. The molecule has 28 heavy (non-hydrogen) atoms. The first kappa shape index (κ1) is 20.5. The third-order valence-electron chi connectivity index (χ3n) is 4.74. The average molecular weight is 409 g/mol. The van der Waals surface area contributed by atoms with E-state index in [0.717, 1.165) is 12.8 Å². The molecule has 3 rings (SSSR count). The van der Waals surface area contributed by atoms with E-state index < -0.39 is 11.4 Å². The van der Waals surface area contributed by atoms with Crippen LogP contribution in [0.3, 0.4) is 0 Å². The lowest BCUT2D eigenvalue weighted by Crippen LogP contribution is -2.42. The van der Waals surface area contributed by atoms with Crippen LogP contribution in [0.15, 0.2) is 24.5 Å². The van der Waals surface area contributed by atoms with Gasteiger partial charge in [-0.05, 0) is 51.7 Å². The highest BCUT2D eigenvalue weighted by Crippen LogP contribution is 2.30. The number of nitrogens with two attached hydrogens (primary N) is 1. The first-order valence-corrected chi connectivity index (χ1v) is 9.75. The number of hydrogen-bond acceptors (Lipinski definition) is 4. The average Bonchev–Trinajstić information content (AvgIpc) is 3.05. The maximum absolute atomic E-state index is 14.2. The second-order valence-electron chi connectivity index (χ2n) is 8.22. The fourth-order valence-electron chi connectivity index (χ4n) is 3.28. The van der Waals surface area contributed by atoms with Gasteiger partial charge < -0.3 is 15.4 Å². The van der Waals surface area contributed by atoms with Crippen LogP contribution in [0.25, 0.3) is 11.1 Å². The van der Waals surface area contributed by atoms with Crippen LogP contribution in [0, 0.1) is 11.7 Å². The summed E-state index contributed by atoms with van der Waals surface area (Å²) in [4.78, 5) is 13.9. The van der Waals surface area contributed by atoms with E-state index in [1.54, 1.807) is 11.1 Å². The normalized spacial score (nSPS) is 15.7. The maximum Gasteiger partial charge on any atom is 0.410 e. The van der Waals surface area contributed by atoms with Crippen molar-refractivity contribution in [2.45, 2.75) is 45.8 Å². The predicted molar refractivity (Wildman–Crippen MR) is 108 cm³/mol. The number of halogens is 2. The summed E-state index contributed by atoms with van der Waals surface area (Å²) in [7, 11) is 0. The zero-order chi connectivity index (χ0) is 20.5. The van der Waals surface area contributed by atoms with Crippen molar-refractivity contribution in [1.29, 1.82) is 0 Å². The quantitative estimate of drug-likeness (QED) is 0.755. The van der Waals surface area contributed by atoms with Crippen LogP contribution in [-0.2, 0) is 11.3 Å². The smallest absolute Gasteiger partial charge is 0.410 e. The number of benzene rings is 1. The molecule has 2 aromatic rings. The molecule has 0 aliphatic carbocycles. The Balaban J connectivity index is 1.58. The molecule has 0 saturated carbocycles. The van der Waals surface area contributed by atoms with Crippen LogP contribution in [0.2, 0.25) is 5.02 Å². The molecular formula is C20H26ClFN4O2. The van der Waals surface area contributed by atoms with Crippen molar-refractivity contribution in [3.63, 3.8) is 0 Å². The van der Waals surface area contributed by atoms with E-state index in [4.69, 9.17) is 22.1 Å². The molecule has 6 nitrogen and oxygen atoms in total. The van der Waals surface area contributed by atoms with Crippen LogP contribution in [0.4, 0.5) is 14.9 Å². The molecule has 1 amide bonds. The van der Waals surface area contributed by atoms with Gasteiger partial charge in [-0.1, -0.05) is 11.6 Å². The lowest BCUT2D eigenvalue weighted by Gasteiger charge is -2.33. The molecule has 0 atom stereocenters. The van der Waals surface area contributed by atoms with E-state index in [1.165, 1.54) is 12.1 Å². The first-order valence-electron chi connectivity index (χ1n) is 9.37. The van der Waals surface area contributed by atoms with Gasteiger partial charge in [0, 0.05) is 37.0 Å². The zero-order valence-electron chi connectivity index (χ0n) is 16.4. The largest absolute Gasteiger partial charge is 0.444 e. The molecule has 1 aromatic carbocycles. The van der Waals surface area contributed by atoms with Crippen molar-refractivity contribution in [3.8, 4) is 11.1 Å². The number of anilines is 1. The van der Waals surface area contributed by atoms with Crippen LogP contribution in [-0.4, -0.2) is 39.5 Å². The Morgan fingerprint density at radius 1 is 1.36 bits per heavy atom. The molecule has 1 aliphatic heterocycles. The minimum atomic E-state index is -0.486. The summed E-state index contributed by atoms with van der Waals surface area (Å²) in [5.74, 6) is -0.0315. The van der Waals surface area contributed by atoms with Crippen molar-refractivity contribution >= 4 is 23.4 Å². The van der Waals surface area contributed by atoms with Gasteiger partial charge in [0.2, 0.25) is 0 Å². The summed E-state index contributed by atoms with van der Waals surface area (Å²) in [6.45, 7) is 7.64. The number of carbonyl (C=O) groups excluding carboxylic acids is 1. The molecule has 1 saturated heterocycles. The highest BCUT2D eigenvalue weighted by atomic mass is 35.5. The molecule has 1 aromatic heterocycles. The van der Waals surface area contributed by atoms with E-state index in [2.05, 4.69) is 5.10 Å². The van der Waals surface area contributed by atoms with Crippen molar-refractivity contribution in [3.05, 3.63) is 35.4 Å². The number of nitrogen functional groups attached to an aromatic ring is 1. The standard InChI is InChI=1S/C20H26ClFN4O2/c1-20(2,3)28-19(27)25-6-4-13(5-7-25)11-26-12-14(10-24-26)15-8-18(23)16(21)9-17(15)22/h8-10,12-13H,4-7,11,23H2,1-3H3. The summed E-state index contributed by atoms with van der Waals surface area (Å²) in [6, 6.07) is 2.74. The number of carbonyl (C=O) groups is 1. The minimum Gasteiger partial charge on any atom is -0.444 e. The Morgan fingerprint density at radius 3 is 2.68 bits per heavy atom. The lowest BCUT2D eigenvalue weighted by atomic mass is 9.97. The van der Waals surface area contributed by atoms with Gasteiger partial charge in [-0.15, -0.1) is 0 Å². The highest BCUT2D eigenvalue weighted by molar-refractivity contribution is 6.33. The molecule has 1 fully saturated rings. The van der Waals surface area contributed by atoms with Crippen LogP contribution in [0.5, 0.6) is 0 Å². The SMILES string of the molecule is CC(C)(C)OC(=O)N1CCC(Cn2cc(-c3cc(N)c(Cl)cc3F)cn2)CC1. The number of rotatable bonds is 3. The minimum absolute atomic E-state index is 0.199. The number of aromatic nitrogens is 2. The first-order chi connectivity index (χ1) is 13.1. The third-order valence-corrected chi connectivity index (χ3v) is 5.07. The fourth-order valence-corrected chi connectivity index (χ4v) is 3.43. The van der Waals surface area contributed by atoms with E-state index in [0.29, 0.717) is 42.4 Å². The van der Waals surface area contributed by atoms with Gasteiger partial charge >= 0.3 is 6.09 Å². The molecule has 0 spiro atoms. The Bertz CT molecular complexity index is 854. The molecule has 8 heteroatoms. The van der Waals surface area contributed by atoms with Crippen LogP contribution >= 0.6 is 11.6 Å². The fraction of sp³-hybridized carbons (Fsp3) is 0.500. The Kier molecular flexibility index (Phi) is 5.84. The van der Waals surface area contributed by atoms with Gasteiger partial charge in [-0.3, -0.25) is 4.68 Å². The van der Waals surface area contributed by atoms with Crippen molar-refractivity contribution in [2.75, 3.05) is 18.8 Å². The zero-order valence-corrected chi connectivity index (χ0v) is 17.2. The van der Waals surface area contributed by atoms with Crippen molar-refractivity contribution in [1.82, 2.24) is 14.7 Å². The van der Waals surface area contributed by atoms with Gasteiger partial charge in [0.05, 0.1) is 16.9 Å². The topological polar surface area (TPSA) is 73.4 Å². The van der Waals surface area contributed by atoms with Crippen LogP contribution in [0.1, 0.15) is 33.6 Å². The summed E-state index contributed by atoms with van der Waals surface area (Å²) < 4.78 is 21.4. The van der Waals surface area contributed by atoms with E-state index in [-0.39, 0.29) is 11.1 Å². The highest BCUT2D eigenvalue weighted by Gasteiger charge is 2.27. The Labute approximate surface area is 169 Å². The van der Waals surface area contributed by atoms with Gasteiger partial charge in [-0.2, -0.15) is 5.10 Å². The second kappa shape index (κ2) is 7.99. The van der Waals surface area contributed by atoms with Crippen LogP contribution < -0.4 is 5.73 Å². The molecular weight excluding hydrogens is 383 g/mol. The molecule has 152 valence electrons. The maximum atomic E-state index is 14.2. The van der Waals surface area contributed by atoms with Gasteiger partial charge in [-0.25, -0.2) is 9.18 Å². The monoisotopic (exact) mass is 408 g/mol. The number of likely N-dealkylation sites (tertiary alicyclic amines) is 1. The molecule has 0 bridgehead atoms. The molecule has 0 unspecified atom stereocenters. The number of piperidine rings is 1. The number of ether oxygens (including phenoxy) is 1. The van der Waals surface area contributed by atoms with Gasteiger partial charge in [0.15, 0.2) is 0 Å². The molecule has 1 aliphatic rings. The molecule has 2 N–H and O–H groups in total. The summed E-state index contributed by atoms with van der Waals surface area (Å²) in [6.07, 6.45) is 4.92. The number of hydrogen-bond donors (Lipinski definition) is 1. The van der Waals surface area contributed by atoms with E-state index in [1.807, 2.05) is 31.6 Å². The Hall–Kier alpha value is -2.28. The van der Waals surface area contributed by atoms with Gasteiger partial charge in [0.1, 0.15) is 11.4 Å². The molecule has 2 heterocycles. The van der Waals surface area contributed by atoms with Crippen molar-refractivity contribution < 1.29 is 13.9 Å². The number of amides is 1. The van der Waals surface area contributed by atoms with E-state index >= 15 is 0 Å². The van der Waals surface area contributed by atoms with Crippen molar-refractivity contribution in [2.24, 2.45) is 5.92 Å². The molecule has 0 radical (unpaired) electrons. The summed E-state index contributed by atoms with van der Waals surface area (Å²) in [5, 5.41) is 4.55. The summed E-state index contributed by atoms with van der Waals surface area (Å²) in [5.41, 5.74) is 6.68. The Morgan fingerprint density at radius 2 is 2.04 bits per heavy atom. The number of nitrogens with zero attached hydrogens (tertiary/aromatic N) is 3.